The van der Waals surface area contributed by atoms with E-state index in [1.54, 1.807) is 0 Å². The minimum Gasteiger partial charge on any atom is -0.298 e. The molecule has 12 heavy (non-hydrogen) atoms. The van der Waals surface area contributed by atoms with Gasteiger partial charge in [-0.1, -0.05) is 17.7 Å². The molecule has 1 aromatic rings. The summed E-state index contributed by atoms with van der Waals surface area (Å²) in [6.45, 7) is 0. The smallest absolute Gasteiger partial charge is 0.169 e. The summed E-state index contributed by atoms with van der Waals surface area (Å²) in [5.74, 6) is 0. The van der Waals surface area contributed by atoms with Crippen LogP contribution in [0.25, 0.3) is 0 Å². The van der Waals surface area contributed by atoms with Gasteiger partial charge in [0.15, 0.2) is 10.7 Å². The number of benzene rings is 1. The molecule has 0 radical (unpaired) electrons. The molecule has 0 amide bonds. The lowest BCUT2D eigenvalue weighted by Gasteiger charge is -1.95. The maximum atomic E-state index is 10.5. The Morgan fingerprint density at radius 2 is 2.00 bits per heavy atom. The van der Waals surface area contributed by atoms with Gasteiger partial charge in [-0.15, -0.1) is 0 Å². The quantitative estimate of drug-likeness (QED) is 0.580. The van der Waals surface area contributed by atoms with Crippen molar-refractivity contribution in [2.24, 2.45) is 0 Å². The fourth-order valence-corrected chi connectivity index (χ4v) is 1.57. The first-order valence-electron chi connectivity index (χ1n) is 3.04. The number of hydrogen-bond acceptors (Lipinski definition) is 3. The van der Waals surface area contributed by atoms with Crippen molar-refractivity contribution in [1.29, 1.82) is 0 Å². The van der Waals surface area contributed by atoms with E-state index < -0.39 is 10.7 Å². The zero-order chi connectivity index (χ0) is 9.14. The molecule has 0 bridgehead atoms. The Labute approximate surface area is 75.9 Å². The molecule has 0 saturated carbocycles. The number of thiol groups is 1. The van der Waals surface area contributed by atoms with E-state index in [0.29, 0.717) is 11.8 Å². The molecule has 1 aromatic carbocycles. The predicted octanol–water partition coefficient (Wildman–Crippen LogP) is 1.12. The second-order valence-corrected chi connectivity index (χ2v) is 3.49. The van der Waals surface area contributed by atoms with Crippen molar-refractivity contribution in [3.05, 3.63) is 28.8 Å². The third kappa shape index (κ3) is 1.84. The van der Waals surface area contributed by atoms with Crippen LogP contribution in [0.5, 0.6) is 0 Å². The number of rotatable bonds is 2. The summed E-state index contributed by atoms with van der Waals surface area (Å²) >= 11 is 5.55. The first kappa shape index (κ1) is 9.22. The highest BCUT2D eigenvalue weighted by Gasteiger charge is 2.02. The summed E-state index contributed by atoms with van der Waals surface area (Å²) in [6, 6.07) is 4.07. The van der Waals surface area contributed by atoms with Crippen molar-refractivity contribution in [3.63, 3.8) is 0 Å². The molecule has 0 fully saturated rings. The van der Waals surface area contributed by atoms with Gasteiger partial charge in [0.1, 0.15) is 6.29 Å². The van der Waals surface area contributed by atoms with E-state index in [9.17, 15) is 13.2 Å². The molecule has 0 atom stereocenters. The van der Waals surface area contributed by atoms with Crippen molar-refractivity contribution in [3.8, 4) is 0 Å². The highest BCUT2D eigenvalue weighted by molar-refractivity contribution is 7.72. The molecule has 0 aliphatic heterocycles. The third-order valence-electron chi connectivity index (χ3n) is 1.30. The van der Waals surface area contributed by atoms with Crippen LogP contribution in [-0.2, 0) is 10.7 Å². The Morgan fingerprint density at radius 1 is 1.33 bits per heavy atom. The second kappa shape index (κ2) is 3.69. The zero-order valence-electron chi connectivity index (χ0n) is 5.86. The summed E-state index contributed by atoms with van der Waals surface area (Å²) in [4.78, 5) is 10.2. The van der Waals surface area contributed by atoms with Crippen molar-refractivity contribution >= 4 is 28.6 Å². The molecule has 64 valence electrons. The fraction of sp³-hybridized carbons (Fsp3) is 0. The molecule has 0 aliphatic rings. The van der Waals surface area contributed by atoms with Gasteiger partial charge in [-0.2, -0.15) is 0 Å². The number of carbonyl (C=O) groups is 1. The largest absolute Gasteiger partial charge is 0.298 e. The van der Waals surface area contributed by atoms with Gasteiger partial charge in [0, 0.05) is 5.56 Å². The van der Waals surface area contributed by atoms with Crippen LogP contribution < -0.4 is 0 Å². The highest BCUT2D eigenvalue weighted by atomic mass is 35.5. The normalized spacial score (nSPS) is 10.2. The predicted molar refractivity (Wildman–Crippen MR) is 45.4 cm³/mol. The maximum Gasteiger partial charge on any atom is 0.169 e. The molecule has 5 heteroatoms. The van der Waals surface area contributed by atoms with Crippen molar-refractivity contribution < 1.29 is 13.2 Å². The van der Waals surface area contributed by atoms with E-state index in [-0.39, 0.29) is 9.92 Å². The monoisotopic (exact) mass is 204 g/mol. The Bertz CT molecular complexity index is 376. The second-order valence-electron chi connectivity index (χ2n) is 2.09. The summed E-state index contributed by atoms with van der Waals surface area (Å²) in [5, 5.41) is 0.136. The summed E-state index contributed by atoms with van der Waals surface area (Å²) in [5.41, 5.74) is 0.300. The Kier molecular flexibility index (Phi) is 2.83. The lowest BCUT2D eigenvalue weighted by Crippen LogP contribution is -1.86. The lowest BCUT2D eigenvalue weighted by molar-refractivity contribution is 0.112. The van der Waals surface area contributed by atoms with E-state index in [4.69, 9.17) is 11.6 Å². The van der Waals surface area contributed by atoms with E-state index in [2.05, 4.69) is 0 Å². The number of aldehydes is 1. The SMILES string of the molecule is O=Cc1ccc(Cl)c([SH](=O)=O)c1. The fourth-order valence-electron chi connectivity index (χ4n) is 0.743. The van der Waals surface area contributed by atoms with Gasteiger partial charge in [-0.3, -0.25) is 4.79 Å². The van der Waals surface area contributed by atoms with Gasteiger partial charge in [-0.25, -0.2) is 8.42 Å². The van der Waals surface area contributed by atoms with Crippen LogP contribution >= 0.6 is 11.6 Å². The Morgan fingerprint density at radius 3 is 2.50 bits per heavy atom. The molecule has 0 saturated heterocycles. The molecule has 0 spiro atoms. The molecule has 0 N–H and O–H groups in total. The third-order valence-corrected chi connectivity index (χ3v) is 2.53. The molecular weight excluding hydrogens is 200 g/mol. The van der Waals surface area contributed by atoms with Crippen LogP contribution in [0.4, 0.5) is 0 Å². The van der Waals surface area contributed by atoms with Crippen LogP contribution in [0, 0.1) is 0 Å². The van der Waals surface area contributed by atoms with E-state index >= 15 is 0 Å². The first-order valence-corrected chi connectivity index (χ1v) is 4.60. The number of halogens is 1. The topological polar surface area (TPSA) is 51.2 Å². The van der Waals surface area contributed by atoms with Gasteiger partial charge in [0.2, 0.25) is 0 Å². The first-order chi connectivity index (χ1) is 5.65. The minimum absolute atomic E-state index is 0.0173. The van der Waals surface area contributed by atoms with E-state index in [1.807, 2.05) is 0 Å². The standard InChI is InChI=1S/C7H5ClO3S/c8-6-2-1-5(4-9)3-7(6)12(10)11/h1-4,12H. The summed E-state index contributed by atoms with van der Waals surface area (Å²) in [6.07, 6.45) is 0.568. The molecule has 0 unspecified atom stereocenters. The van der Waals surface area contributed by atoms with Gasteiger partial charge in [0.05, 0.1) is 9.92 Å². The van der Waals surface area contributed by atoms with Crippen molar-refractivity contribution in [2.75, 3.05) is 0 Å². The molecule has 0 aliphatic carbocycles. The van der Waals surface area contributed by atoms with E-state index in [0.717, 1.165) is 0 Å². The van der Waals surface area contributed by atoms with Crippen molar-refractivity contribution in [2.45, 2.75) is 4.90 Å². The molecule has 1 rings (SSSR count). The Hall–Kier alpha value is -0.870. The van der Waals surface area contributed by atoms with Gasteiger partial charge >= 0.3 is 0 Å². The maximum absolute atomic E-state index is 10.5. The average Bonchev–Trinajstić information content (AvgIpc) is 2.05. The van der Waals surface area contributed by atoms with Gasteiger partial charge in [0.25, 0.3) is 0 Å². The summed E-state index contributed by atoms with van der Waals surface area (Å²) in [7, 11) is -2.73. The lowest BCUT2D eigenvalue weighted by atomic mass is 10.2. The van der Waals surface area contributed by atoms with Gasteiger partial charge in [-0.05, 0) is 12.1 Å². The van der Waals surface area contributed by atoms with Crippen molar-refractivity contribution in [1.82, 2.24) is 0 Å². The molecule has 3 nitrogen and oxygen atoms in total. The van der Waals surface area contributed by atoms with E-state index in [1.165, 1.54) is 18.2 Å². The highest BCUT2D eigenvalue weighted by Crippen LogP contribution is 2.17. The average molecular weight is 205 g/mol. The van der Waals surface area contributed by atoms with Crippen LogP contribution in [0.2, 0.25) is 5.02 Å². The summed E-state index contributed by atoms with van der Waals surface area (Å²) < 4.78 is 21.1. The molecular formula is C7H5ClO3S. The molecule has 0 heterocycles. The van der Waals surface area contributed by atoms with Crippen LogP contribution in [0.15, 0.2) is 23.1 Å². The minimum atomic E-state index is -2.73. The zero-order valence-corrected chi connectivity index (χ0v) is 7.51. The number of hydrogen-bond donors (Lipinski definition) is 1. The Balaban J connectivity index is 3.35. The molecule has 0 aromatic heterocycles. The van der Waals surface area contributed by atoms with Gasteiger partial charge < -0.3 is 0 Å². The van der Waals surface area contributed by atoms with Crippen LogP contribution in [0.1, 0.15) is 10.4 Å². The van der Waals surface area contributed by atoms with Crippen LogP contribution in [0.3, 0.4) is 0 Å². The number of carbonyl (C=O) groups excluding carboxylic acids is 1. The van der Waals surface area contributed by atoms with Crippen LogP contribution in [-0.4, -0.2) is 14.7 Å².